The molecule has 0 bridgehead atoms. The van der Waals surface area contributed by atoms with Gasteiger partial charge in [0.15, 0.2) is 0 Å². The van der Waals surface area contributed by atoms with Crippen molar-refractivity contribution in [3.63, 3.8) is 0 Å². The molecule has 0 aromatic carbocycles. The molecule has 0 heterocycles. The van der Waals surface area contributed by atoms with Crippen molar-refractivity contribution in [3.05, 3.63) is 6.92 Å². The minimum atomic E-state index is -0.556. The molecule has 2 N–H and O–H groups in total. The average Bonchev–Trinajstić information content (AvgIpc) is 1.84. The zero-order valence-corrected chi connectivity index (χ0v) is 4.41. The molecule has 0 amide bonds. The second kappa shape index (κ2) is 1.48. The van der Waals surface area contributed by atoms with Crippen molar-refractivity contribution in [1.82, 2.24) is 0 Å². The summed E-state index contributed by atoms with van der Waals surface area (Å²) in [7, 11) is 0. The second-order valence-corrected chi connectivity index (χ2v) is 2.36. The van der Waals surface area contributed by atoms with E-state index in [0.717, 1.165) is 25.7 Å². The van der Waals surface area contributed by atoms with Crippen LogP contribution in [0.3, 0.4) is 0 Å². The smallest absolute Gasteiger partial charge is 0.0230 e. The van der Waals surface area contributed by atoms with Crippen molar-refractivity contribution in [2.75, 3.05) is 0 Å². The highest BCUT2D eigenvalue weighted by molar-refractivity contribution is 4.90. The Labute approximate surface area is 44.9 Å². The van der Waals surface area contributed by atoms with E-state index in [-0.39, 0.29) is 0 Å². The molecular weight excluding hydrogens is 86.1 g/mol. The lowest BCUT2D eigenvalue weighted by atomic mass is 10.0. The first-order valence-electron chi connectivity index (χ1n) is 2.75. The Kier molecular flexibility index (Phi) is 1.08. The van der Waals surface area contributed by atoms with Gasteiger partial charge in [0.25, 0.3) is 0 Å². The Morgan fingerprint density at radius 1 is 1.29 bits per heavy atom. The van der Waals surface area contributed by atoms with Gasteiger partial charge < -0.3 is 5.73 Å². The molecule has 0 aliphatic heterocycles. The predicted octanol–water partition coefficient (Wildman–Crippen LogP) is 0.846. The second-order valence-electron chi connectivity index (χ2n) is 2.36. The summed E-state index contributed by atoms with van der Waals surface area (Å²) >= 11 is 0. The van der Waals surface area contributed by atoms with E-state index in [2.05, 4.69) is 0 Å². The van der Waals surface area contributed by atoms with Gasteiger partial charge in [0.1, 0.15) is 0 Å². The molecule has 1 fully saturated rings. The van der Waals surface area contributed by atoms with Crippen LogP contribution in [0.5, 0.6) is 0 Å². The van der Waals surface area contributed by atoms with E-state index in [1.807, 2.05) is 0 Å². The van der Waals surface area contributed by atoms with Crippen molar-refractivity contribution < 1.29 is 0 Å². The van der Waals surface area contributed by atoms with Crippen LogP contribution in [0.2, 0.25) is 0 Å². The minimum Gasteiger partial charge on any atom is -0.325 e. The van der Waals surface area contributed by atoms with Gasteiger partial charge in [-0.2, -0.15) is 0 Å². The van der Waals surface area contributed by atoms with E-state index >= 15 is 0 Å². The molecule has 1 aliphatic carbocycles. The first-order chi connectivity index (χ1) is 3.21. The SMILES string of the molecule is [C]C1(N)CCCC1. The van der Waals surface area contributed by atoms with Crippen LogP contribution in [0, 0.1) is 6.92 Å². The summed E-state index contributed by atoms with van der Waals surface area (Å²) in [6.45, 7) is 7.26. The van der Waals surface area contributed by atoms with Crippen molar-refractivity contribution in [2.24, 2.45) is 5.73 Å². The molecule has 1 saturated carbocycles. The number of hydrogen-bond acceptors (Lipinski definition) is 1. The predicted molar refractivity (Wildman–Crippen MR) is 28.6 cm³/mol. The van der Waals surface area contributed by atoms with Crippen LogP contribution in [0.4, 0.5) is 0 Å². The van der Waals surface area contributed by atoms with Gasteiger partial charge in [-0.3, -0.25) is 0 Å². The first-order valence-corrected chi connectivity index (χ1v) is 2.75. The van der Waals surface area contributed by atoms with E-state index in [9.17, 15) is 0 Å². The Morgan fingerprint density at radius 3 is 1.86 bits per heavy atom. The van der Waals surface area contributed by atoms with Crippen molar-refractivity contribution in [1.29, 1.82) is 0 Å². The third-order valence-corrected chi connectivity index (χ3v) is 1.50. The molecule has 1 heteroatoms. The summed E-state index contributed by atoms with van der Waals surface area (Å²) in [5, 5.41) is 0. The van der Waals surface area contributed by atoms with Gasteiger partial charge in [-0.05, 0) is 12.8 Å². The van der Waals surface area contributed by atoms with E-state index in [0.29, 0.717) is 0 Å². The fourth-order valence-corrected chi connectivity index (χ4v) is 1.01. The van der Waals surface area contributed by atoms with Crippen molar-refractivity contribution in [2.45, 2.75) is 31.2 Å². The maximum Gasteiger partial charge on any atom is 0.0230 e. The molecule has 0 spiro atoms. The van der Waals surface area contributed by atoms with Crippen LogP contribution in [0.15, 0.2) is 0 Å². The van der Waals surface area contributed by atoms with E-state index < -0.39 is 5.54 Å². The zero-order chi connectivity index (χ0) is 5.33. The number of hydrogen-bond donors (Lipinski definition) is 1. The van der Waals surface area contributed by atoms with E-state index in [1.165, 1.54) is 0 Å². The highest BCUT2D eigenvalue weighted by atomic mass is 14.7. The van der Waals surface area contributed by atoms with E-state index in [4.69, 9.17) is 12.7 Å². The molecule has 7 heavy (non-hydrogen) atoms. The summed E-state index contributed by atoms with van der Waals surface area (Å²) in [6.07, 6.45) is 4.10. The lowest BCUT2D eigenvalue weighted by molar-refractivity contribution is 0.546. The standard InChI is InChI=1S/C6H10N/c1-6(7)4-2-3-5-6/h2-5,7H2. The number of nitrogens with two attached hydrogens (primary N) is 1. The molecule has 0 saturated heterocycles. The van der Waals surface area contributed by atoms with Gasteiger partial charge in [0, 0.05) is 12.5 Å². The molecule has 0 aromatic heterocycles. The Bertz CT molecular complexity index is 58.6. The van der Waals surface area contributed by atoms with Gasteiger partial charge in [-0.25, -0.2) is 0 Å². The van der Waals surface area contributed by atoms with Crippen LogP contribution >= 0.6 is 0 Å². The molecule has 1 rings (SSSR count). The van der Waals surface area contributed by atoms with Crippen LogP contribution in [0.25, 0.3) is 0 Å². The highest BCUT2D eigenvalue weighted by Crippen LogP contribution is 2.25. The van der Waals surface area contributed by atoms with Crippen LogP contribution in [-0.2, 0) is 0 Å². The molecule has 3 radical (unpaired) electrons. The monoisotopic (exact) mass is 96.1 g/mol. The van der Waals surface area contributed by atoms with Gasteiger partial charge in [-0.1, -0.05) is 12.8 Å². The topological polar surface area (TPSA) is 26.0 Å². The minimum absolute atomic E-state index is 0.556. The van der Waals surface area contributed by atoms with Crippen LogP contribution < -0.4 is 5.73 Å². The average molecular weight is 96.2 g/mol. The zero-order valence-electron chi connectivity index (χ0n) is 4.41. The maximum absolute atomic E-state index is 7.26. The summed E-state index contributed by atoms with van der Waals surface area (Å²) < 4.78 is 0. The number of rotatable bonds is 0. The third-order valence-electron chi connectivity index (χ3n) is 1.50. The first kappa shape index (κ1) is 5.10. The summed E-state index contributed by atoms with van der Waals surface area (Å²) in [4.78, 5) is 0. The van der Waals surface area contributed by atoms with Gasteiger partial charge in [-0.15, -0.1) is 0 Å². The summed E-state index contributed by atoms with van der Waals surface area (Å²) in [6, 6.07) is 0. The fraction of sp³-hybridized carbons (Fsp3) is 0.833. The lowest BCUT2D eigenvalue weighted by Crippen LogP contribution is -2.31. The molecule has 1 nitrogen and oxygen atoms in total. The Morgan fingerprint density at radius 2 is 1.71 bits per heavy atom. The Balaban J connectivity index is 2.40. The maximum atomic E-state index is 7.26. The van der Waals surface area contributed by atoms with Crippen LogP contribution in [-0.4, -0.2) is 5.54 Å². The summed E-state index contributed by atoms with van der Waals surface area (Å²) in [5.74, 6) is 0. The largest absolute Gasteiger partial charge is 0.325 e. The third kappa shape index (κ3) is 1.16. The Hall–Kier alpha value is -0.0400. The molecule has 1 aliphatic rings. The summed E-state index contributed by atoms with van der Waals surface area (Å²) in [5.41, 5.74) is 4.89. The van der Waals surface area contributed by atoms with Crippen molar-refractivity contribution >= 4 is 0 Å². The van der Waals surface area contributed by atoms with Gasteiger partial charge >= 0.3 is 0 Å². The lowest BCUT2D eigenvalue weighted by Gasteiger charge is -2.13. The van der Waals surface area contributed by atoms with Gasteiger partial charge in [0.05, 0.1) is 0 Å². The molecule has 0 aromatic rings. The van der Waals surface area contributed by atoms with Crippen LogP contribution in [0.1, 0.15) is 25.7 Å². The molecule has 0 atom stereocenters. The van der Waals surface area contributed by atoms with Gasteiger partial charge in [0.2, 0.25) is 0 Å². The molecule has 0 unspecified atom stereocenters. The highest BCUT2D eigenvalue weighted by Gasteiger charge is 2.23. The normalized spacial score (nSPS) is 28.3. The molecule has 39 valence electrons. The quantitative estimate of drug-likeness (QED) is 0.475. The van der Waals surface area contributed by atoms with E-state index in [1.54, 1.807) is 0 Å². The van der Waals surface area contributed by atoms with Crippen molar-refractivity contribution in [3.8, 4) is 0 Å². The molecular formula is C6H10N. The fourth-order valence-electron chi connectivity index (χ4n) is 1.01.